The van der Waals surface area contributed by atoms with Crippen LogP contribution in [-0.2, 0) is 0 Å². The van der Waals surface area contributed by atoms with Crippen molar-refractivity contribution in [1.82, 2.24) is 14.7 Å². The summed E-state index contributed by atoms with van der Waals surface area (Å²) in [6.45, 7) is 1.77. The molecular formula is C5H7N3OS. The lowest BCUT2D eigenvalue weighted by atomic mass is 10.3. The zero-order valence-corrected chi connectivity index (χ0v) is 6.27. The maximum Gasteiger partial charge on any atom is 0.281 e. The number of hydrogen-bond acceptors (Lipinski definition) is 3. The van der Waals surface area contributed by atoms with Crippen LogP contribution in [0.1, 0.15) is 16.2 Å². The van der Waals surface area contributed by atoms with Crippen LogP contribution in [0.25, 0.3) is 0 Å². The first-order valence-electron chi connectivity index (χ1n) is 2.70. The molecule has 4 nitrogen and oxygen atoms in total. The first kappa shape index (κ1) is 7.14. The number of rotatable bonds is 1. The van der Waals surface area contributed by atoms with E-state index >= 15 is 0 Å². The van der Waals surface area contributed by atoms with Crippen LogP contribution in [0.3, 0.4) is 0 Å². The average Bonchev–Trinajstić information content (AvgIpc) is 2.34. The third-order valence-electron chi connectivity index (χ3n) is 1.15. The van der Waals surface area contributed by atoms with Crippen molar-refractivity contribution in [1.29, 1.82) is 0 Å². The number of aryl methyl sites for hydroxylation is 1. The summed E-state index contributed by atoms with van der Waals surface area (Å²) in [5, 5.41) is 0. The van der Waals surface area contributed by atoms with Crippen LogP contribution in [0, 0.1) is 6.92 Å². The van der Waals surface area contributed by atoms with Gasteiger partial charge in [-0.05, 0) is 6.92 Å². The lowest BCUT2D eigenvalue weighted by molar-refractivity contribution is 0.0980. The summed E-state index contributed by atoms with van der Waals surface area (Å²) >= 11 is 3.60. The fourth-order valence-electron chi connectivity index (χ4n) is 0.641. The molecule has 0 saturated carbocycles. The van der Waals surface area contributed by atoms with Gasteiger partial charge in [-0.1, -0.05) is 12.8 Å². The summed E-state index contributed by atoms with van der Waals surface area (Å²) in [5.41, 5.74) is 1.13. The van der Waals surface area contributed by atoms with Crippen molar-refractivity contribution in [3.05, 3.63) is 17.7 Å². The predicted molar refractivity (Wildman–Crippen MR) is 39.8 cm³/mol. The van der Waals surface area contributed by atoms with Gasteiger partial charge in [-0.3, -0.25) is 9.52 Å². The standard InChI is InChI=1S/C5H7N3OS/c1-3-4(5(9)8-10)7-2-6-3/h2,10H,1H3,(H,6,7)(H,8,9). The molecule has 0 spiro atoms. The molecule has 0 fully saturated rings. The summed E-state index contributed by atoms with van der Waals surface area (Å²) in [6, 6.07) is 0. The lowest BCUT2D eigenvalue weighted by Gasteiger charge is -1.92. The van der Waals surface area contributed by atoms with Gasteiger partial charge in [-0.15, -0.1) is 0 Å². The zero-order valence-electron chi connectivity index (χ0n) is 5.38. The molecule has 0 atom stereocenters. The fraction of sp³-hybridized carbons (Fsp3) is 0.200. The van der Waals surface area contributed by atoms with Crippen molar-refractivity contribution in [3.8, 4) is 0 Å². The molecule has 0 radical (unpaired) electrons. The number of nitrogens with one attached hydrogen (secondary N) is 2. The van der Waals surface area contributed by atoms with Crippen molar-refractivity contribution in [2.75, 3.05) is 0 Å². The molecular weight excluding hydrogens is 150 g/mol. The lowest BCUT2D eigenvalue weighted by Crippen LogP contribution is -2.14. The van der Waals surface area contributed by atoms with Crippen LogP contribution in [0.5, 0.6) is 0 Å². The number of aromatic amines is 1. The summed E-state index contributed by atoms with van der Waals surface area (Å²) in [4.78, 5) is 17.4. The number of H-pyrrole nitrogens is 1. The Balaban J connectivity index is 2.93. The molecule has 0 unspecified atom stereocenters. The van der Waals surface area contributed by atoms with Crippen LogP contribution < -0.4 is 4.72 Å². The van der Waals surface area contributed by atoms with E-state index in [4.69, 9.17) is 0 Å². The monoisotopic (exact) mass is 157 g/mol. The smallest absolute Gasteiger partial charge is 0.281 e. The van der Waals surface area contributed by atoms with Gasteiger partial charge in [0.15, 0.2) is 0 Å². The van der Waals surface area contributed by atoms with E-state index in [9.17, 15) is 4.79 Å². The fourth-order valence-corrected chi connectivity index (χ4v) is 0.747. The Labute approximate surface area is 63.6 Å². The van der Waals surface area contributed by atoms with E-state index in [1.807, 2.05) is 0 Å². The third kappa shape index (κ3) is 1.13. The second-order valence-electron chi connectivity index (χ2n) is 1.82. The van der Waals surface area contributed by atoms with E-state index in [0.717, 1.165) is 5.69 Å². The normalized spacial score (nSPS) is 9.40. The van der Waals surface area contributed by atoms with Crippen LogP contribution in [0.15, 0.2) is 6.33 Å². The van der Waals surface area contributed by atoms with E-state index < -0.39 is 0 Å². The number of carbonyl (C=O) groups excluding carboxylic acids is 1. The van der Waals surface area contributed by atoms with Crippen LogP contribution in [0.2, 0.25) is 0 Å². The molecule has 0 aliphatic heterocycles. The van der Waals surface area contributed by atoms with Gasteiger partial charge in [0.05, 0.1) is 6.33 Å². The van der Waals surface area contributed by atoms with Crippen LogP contribution in [-0.4, -0.2) is 15.9 Å². The van der Waals surface area contributed by atoms with Gasteiger partial charge in [-0.25, -0.2) is 4.98 Å². The minimum Gasteiger partial charge on any atom is -0.348 e. The van der Waals surface area contributed by atoms with Gasteiger partial charge < -0.3 is 4.98 Å². The van der Waals surface area contributed by atoms with E-state index in [2.05, 4.69) is 27.5 Å². The molecule has 54 valence electrons. The summed E-state index contributed by atoms with van der Waals surface area (Å²) in [7, 11) is 0. The van der Waals surface area contributed by atoms with Crippen molar-refractivity contribution < 1.29 is 4.79 Å². The molecule has 0 aliphatic rings. The molecule has 1 aromatic rings. The first-order valence-corrected chi connectivity index (χ1v) is 3.15. The number of amides is 1. The predicted octanol–water partition coefficient (Wildman–Crippen LogP) is 0.293. The van der Waals surface area contributed by atoms with E-state index in [1.54, 1.807) is 6.92 Å². The van der Waals surface area contributed by atoms with E-state index in [-0.39, 0.29) is 5.91 Å². The molecule has 0 aromatic carbocycles. The molecule has 0 aliphatic carbocycles. The van der Waals surface area contributed by atoms with Gasteiger partial charge in [-0.2, -0.15) is 0 Å². The highest BCUT2D eigenvalue weighted by Gasteiger charge is 2.08. The van der Waals surface area contributed by atoms with Crippen molar-refractivity contribution in [2.24, 2.45) is 0 Å². The van der Waals surface area contributed by atoms with Gasteiger partial charge in [0.2, 0.25) is 0 Å². The minimum absolute atomic E-state index is 0.290. The Hall–Kier alpha value is -0.970. The van der Waals surface area contributed by atoms with Crippen molar-refractivity contribution >= 4 is 18.7 Å². The number of aromatic nitrogens is 2. The van der Waals surface area contributed by atoms with E-state index in [1.165, 1.54) is 6.33 Å². The number of hydrogen-bond donors (Lipinski definition) is 3. The molecule has 1 rings (SSSR count). The average molecular weight is 157 g/mol. The minimum atomic E-state index is -0.290. The van der Waals surface area contributed by atoms with Crippen LogP contribution in [0.4, 0.5) is 0 Å². The quantitative estimate of drug-likeness (QED) is 0.513. The maximum atomic E-state index is 10.8. The largest absolute Gasteiger partial charge is 0.348 e. The second kappa shape index (κ2) is 2.74. The van der Waals surface area contributed by atoms with Crippen molar-refractivity contribution in [3.63, 3.8) is 0 Å². The Morgan fingerprint density at radius 2 is 2.60 bits per heavy atom. The molecule has 0 saturated heterocycles. The highest BCUT2D eigenvalue weighted by molar-refractivity contribution is 7.78. The highest BCUT2D eigenvalue weighted by Crippen LogP contribution is 1.99. The van der Waals surface area contributed by atoms with Gasteiger partial charge in [0, 0.05) is 5.69 Å². The van der Waals surface area contributed by atoms with Gasteiger partial charge >= 0.3 is 0 Å². The second-order valence-corrected chi connectivity index (χ2v) is 2.04. The maximum absolute atomic E-state index is 10.8. The Morgan fingerprint density at radius 1 is 1.90 bits per heavy atom. The summed E-state index contributed by atoms with van der Waals surface area (Å²) in [6.07, 6.45) is 1.47. The zero-order chi connectivity index (χ0) is 7.56. The third-order valence-corrected chi connectivity index (χ3v) is 1.35. The Bertz CT molecular complexity index is 245. The molecule has 5 heteroatoms. The molecule has 1 heterocycles. The SMILES string of the molecule is Cc1[nH]cnc1C(=O)NS. The number of carbonyl (C=O) groups is 1. The Morgan fingerprint density at radius 3 is 3.00 bits per heavy atom. The van der Waals surface area contributed by atoms with Crippen LogP contribution >= 0.6 is 12.8 Å². The number of imidazole rings is 1. The first-order chi connectivity index (χ1) is 4.75. The van der Waals surface area contributed by atoms with Gasteiger partial charge in [0.1, 0.15) is 5.69 Å². The van der Waals surface area contributed by atoms with E-state index in [0.29, 0.717) is 5.69 Å². The molecule has 10 heavy (non-hydrogen) atoms. The Kier molecular flexibility index (Phi) is 1.96. The van der Waals surface area contributed by atoms with Gasteiger partial charge in [0.25, 0.3) is 5.91 Å². The topological polar surface area (TPSA) is 57.8 Å². The molecule has 1 aromatic heterocycles. The molecule has 2 N–H and O–H groups in total. The number of nitrogens with zero attached hydrogens (tertiary/aromatic N) is 1. The molecule has 1 amide bonds. The highest BCUT2D eigenvalue weighted by atomic mass is 32.1. The molecule has 0 bridgehead atoms. The summed E-state index contributed by atoms with van der Waals surface area (Å²) in [5.74, 6) is -0.290. The summed E-state index contributed by atoms with van der Waals surface area (Å²) < 4.78 is 2.18. The number of thiol groups is 1. The van der Waals surface area contributed by atoms with Crippen molar-refractivity contribution in [2.45, 2.75) is 6.92 Å².